The SMILES string of the molecule is Cc1cn(C)c([C@@H]2CCCN2C(=O)c2ccc3nc(C)[nH]c3c2)n1. The number of rotatable bonds is 2. The molecule has 0 spiro atoms. The number of H-pyrrole nitrogens is 1. The number of hydrogen-bond acceptors (Lipinski definition) is 3. The fourth-order valence-corrected chi connectivity index (χ4v) is 3.66. The highest BCUT2D eigenvalue weighted by Gasteiger charge is 2.33. The van der Waals surface area contributed by atoms with Gasteiger partial charge in [0.1, 0.15) is 11.6 Å². The van der Waals surface area contributed by atoms with Gasteiger partial charge in [-0.05, 0) is 44.9 Å². The number of carbonyl (C=O) groups excluding carboxylic acids is 1. The minimum absolute atomic E-state index is 0.0513. The molecule has 1 amide bonds. The van der Waals surface area contributed by atoms with E-state index < -0.39 is 0 Å². The Morgan fingerprint density at radius 1 is 1.29 bits per heavy atom. The Morgan fingerprint density at radius 3 is 2.88 bits per heavy atom. The van der Waals surface area contributed by atoms with Crippen LogP contribution in [0.1, 0.15) is 46.6 Å². The average molecular weight is 323 g/mol. The molecule has 124 valence electrons. The lowest BCUT2D eigenvalue weighted by Gasteiger charge is -2.24. The molecular formula is C18H21N5O. The van der Waals surface area contributed by atoms with Gasteiger partial charge in [-0.25, -0.2) is 9.97 Å². The molecule has 1 fully saturated rings. The molecule has 1 aromatic carbocycles. The number of fused-ring (bicyclic) bond motifs is 1. The molecule has 3 heterocycles. The van der Waals surface area contributed by atoms with Crippen LogP contribution in [-0.2, 0) is 7.05 Å². The molecule has 0 radical (unpaired) electrons. The smallest absolute Gasteiger partial charge is 0.254 e. The number of aryl methyl sites for hydroxylation is 3. The maximum atomic E-state index is 13.1. The Kier molecular flexibility index (Phi) is 3.40. The minimum Gasteiger partial charge on any atom is -0.342 e. The quantitative estimate of drug-likeness (QED) is 0.788. The van der Waals surface area contributed by atoms with Crippen LogP contribution in [0.4, 0.5) is 0 Å². The Bertz CT molecular complexity index is 923. The van der Waals surface area contributed by atoms with Gasteiger partial charge in [0.05, 0.1) is 22.8 Å². The van der Waals surface area contributed by atoms with E-state index in [4.69, 9.17) is 0 Å². The van der Waals surface area contributed by atoms with Crippen molar-refractivity contribution in [2.45, 2.75) is 32.7 Å². The summed E-state index contributed by atoms with van der Waals surface area (Å²) in [6.45, 7) is 4.68. The van der Waals surface area contributed by atoms with Gasteiger partial charge in [0, 0.05) is 25.4 Å². The van der Waals surface area contributed by atoms with Crippen molar-refractivity contribution in [1.29, 1.82) is 0 Å². The van der Waals surface area contributed by atoms with Gasteiger partial charge in [0.2, 0.25) is 0 Å². The standard InChI is InChI=1S/C18H21N5O/c1-11-10-22(3)17(19-11)16-5-4-8-23(16)18(24)13-6-7-14-15(9-13)21-12(2)20-14/h6-7,9-10,16H,4-5,8H2,1-3H3,(H,20,21)/t16-/m0/s1. The van der Waals surface area contributed by atoms with Crippen molar-refractivity contribution < 1.29 is 4.79 Å². The topological polar surface area (TPSA) is 66.8 Å². The van der Waals surface area contributed by atoms with E-state index in [0.717, 1.165) is 47.8 Å². The monoisotopic (exact) mass is 323 g/mol. The van der Waals surface area contributed by atoms with Crippen molar-refractivity contribution in [3.05, 3.63) is 47.3 Å². The number of likely N-dealkylation sites (tertiary alicyclic amines) is 1. The van der Waals surface area contributed by atoms with Gasteiger partial charge in [0.15, 0.2) is 0 Å². The summed E-state index contributed by atoms with van der Waals surface area (Å²) < 4.78 is 2.03. The van der Waals surface area contributed by atoms with E-state index in [2.05, 4.69) is 15.0 Å². The van der Waals surface area contributed by atoms with Gasteiger partial charge >= 0.3 is 0 Å². The zero-order valence-electron chi connectivity index (χ0n) is 14.2. The summed E-state index contributed by atoms with van der Waals surface area (Å²) in [4.78, 5) is 27.2. The number of carbonyl (C=O) groups is 1. The summed E-state index contributed by atoms with van der Waals surface area (Å²) in [6, 6.07) is 5.72. The summed E-state index contributed by atoms with van der Waals surface area (Å²) in [5.41, 5.74) is 3.48. The third-order valence-electron chi connectivity index (χ3n) is 4.69. The molecule has 4 rings (SSSR count). The molecule has 0 bridgehead atoms. The number of aromatic amines is 1. The predicted octanol–water partition coefficient (Wildman–Crippen LogP) is 2.89. The summed E-state index contributed by atoms with van der Waals surface area (Å²) in [7, 11) is 2.00. The molecule has 1 saturated heterocycles. The molecule has 3 aromatic rings. The second-order valence-electron chi connectivity index (χ2n) is 6.56. The first-order chi connectivity index (χ1) is 11.5. The lowest BCUT2D eigenvalue weighted by Crippen LogP contribution is -2.31. The Labute approximate surface area is 140 Å². The lowest BCUT2D eigenvalue weighted by atomic mass is 10.1. The summed E-state index contributed by atoms with van der Waals surface area (Å²) >= 11 is 0. The molecule has 1 aliphatic rings. The Balaban J connectivity index is 1.67. The summed E-state index contributed by atoms with van der Waals surface area (Å²) in [5.74, 6) is 1.89. The van der Waals surface area contributed by atoms with Crippen LogP contribution in [0.5, 0.6) is 0 Å². The Hall–Kier alpha value is -2.63. The van der Waals surface area contributed by atoms with E-state index in [1.54, 1.807) is 0 Å². The number of benzene rings is 1. The van der Waals surface area contributed by atoms with Crippen LogP contribution >= 0.6 is 0 Å². The zero-order valence-corrected chi connectivity index (χ0v) is 14.2. The van der Waals surface area contributed by atoms with Crippen LogP contribution in [0.25, 0.3) is 11.0 Å². The first kappa shape index (κ1) is 14.9. The number of nitrogens with one attached hydrogen (secondary N) is 1. The molecule has 1 aliphatic heterocycles. The molecule has 0 saturated carbocycles. The second-order valence-corrected chi connectivity index (χ2v) is 6.56. The third-order valence-corrected chi connectivity index (χ3v) is 4.69. The van der Waals surface area contributed by atoms with Gasteiger partial charge in [0.25, 0.3) is 5.91 Å². The van der Waals surface area contributed by atoms with E-state index in [0.29, 0.717) is 5.56 Å². The van der Waals surface area contributed by atoms with E-state index in [1.807, 2.05) is 54.8 Å². The van der Waals surface area contributed by atoms with Crippen LogP contribution in [0.15, 0.2) is 24.4 Å². The summed E-state index contributed by atoms with van der Waals surface area (Å²) in [6.07, 6.45) is 3.98. The fourth-order valence-electron chi connectivity index (χ4n) is 3.66. The highest BCUT2D eigenvalue weighted by atomic mass is 16.2. The molecular weight excluding hydrogens is 302 g/mol. The van der Waals surface area contributed by atoms with Crippen LogP contribution in [0.3, 0.4) is 0 Å². The van der Waals surface area contributed by atoms with Crippen LogP contribution in [-0.4, -0.2) is 36.9 Å². The van der Waals surface area contributed by atoms with E-state index in [-0.39, 0.29) is 11.9 Å². The predicted molar refractivity (Wildman–Crippen MR) is 91.8 cm³/mol. The Morgan fingerprint density at radius 2 is 2.12 bits per heavy atom. The molecule has 1 N–H and O–H groups in total. The van der Waals surface area contributed by atoms with Gasteiger partial charge < -0.3 is 14.5 Å². The summed E-state index contributed by atoms with van der Waals surface area (Å²) in [5, 5.41) is 0. The van der Waals surface area contributed by atoms with Crippen molar-refractivity contribution in [3.63, 3.8) is 0 Å². The zero-order chi connectivity index (χ0) is 16.8. The highest BCUT2D eigenvalue weighted by Crippen LogP contribution is 2.32. The van der Waals surface area contributed by atoms with Gasteiger partial charge in [-0.2, -0.15) is 0 Å². The maximum Gasteiger partial charge on any atom is 0.254 e. The van der Waals surface area contributed by atoms with Crippen molar-refractivity contribution in [2.24, 2.45) is 7.05 Å². The van der Waals surface area contributed by atoms with Gasteiger partial charge in [-0.3, -0.25) is 4.79 Å². The van der Waals surface area contributed by atoms with Crippen molar-refractivity contribution >= 4 is 16.9 Å². The van der Waals surface area contributed by atoms with Crippen molar-refractivity contribution in [3.8, 4) is 0 Å². The maximum absolute atomic E-state index is 13.1. The number of amides is 1. The largest absolute Gasteiger partial charge is 0.342 e. The third kappa shape index (κ3) is 2.38. The van der Waals surface area contributed by atoms with Crippen LogP contribution < -0.4 is 0 Å². The molecule has 6 nitrogen and oxygen atoms in total. The number of nitrogens with zero attached hydrogens (tertiary/aromatic N) is 4. The van der Waals surface area contributed by atoms with E-state index in [1.165, 1.54) is 0 Å². The molecule has 6 heteroatoms. The number of hydrogen-bond donors (Lipinski definition) is 1. The van der Waals surface area contributed by atoms with Crippen LogP contribution in [0, 0.1) is 13.8 Å². The molecule has 0 unspecified atom stereocenters. The fraction of sp³-hybridized carbons (Fsp3) is 0.389. The number of aromatic nitrogens is 4. The molecule has 2 aromatic heterocycles. The average Bonchev–Trinajstić information content (AvgIpc) is 3.22. The normalized spacial score (nSPS) is 17.8. The number of imidazole rings is 2. The lowest BCUT2D eigenvalue weighted by molar-refractivity contribution is 0.0728. The first-order valence-corrected chi connectivity index (χ1v) is 8.30. The van der Waals surface area contributed by atoms with Gasteiger partial charge in [-0.1, -0.05) is 0 Å². The second kappa shape index (κ2) is 5.47. The van der Waals surface area contributed by atoms with Crippen molar-refractivity contribution in [2.75, 3.05) is 6.54 Å². The minimum atomic E-state index is 0.0513. The molecule has 1 atom stereocenters. The first-order valence-electron chi connectivity index (χ1n) is 8.30. The van der Waals surface area contributed by atoms with E-state index >= 15 is 0 Å². The van der Waals surface area contributed by atoms with Crippen LogP contribution in [0.2, 0.25) is 0 Å². The van der Waals surface area contributed by atoms with E-state index in [9.17, 15) is 4.79 Å². The van der Waals surface area contributed by atoms with Crippen molar-refractivity contribution in [1.82, 2.24) is 24.4 Å². The molecule has 24 heavy (non-hydrogen) atoms. The van der Waals surface area contributed by atoms with Gasteiger partial charge in [-0.15, -0.1) is 0 Å². The molecule has 0 aliphatic carbocycles. The highest BCUT2D eigenvalue weighted by molar-refractivity contribution is 5.97.